The molecule has 1 rings (SSSR count). The Morgan fingerprint density at radius 2 is 1.71 bits per heavy atom. The van der Waals surface area contributed by atoms with E-state index in [4.69, 9.17) is 0 Å². The summed E-state index contributed by atoms with van der Waals surface area (Å²) in [7, 11) is -1.77. The maximum absolute atomic E-state index is 12.9. The molecule has 120 valence electrons. The molecule has 0 bridgehead atoms. The predicted octanol–water partition coefficient (Wildman–Crippen LogP) is 2.99. The number of hydrogen-bond donors (Lipinski definition) is 1. The zero-order valence-corrected chi connectivity index (χ0v) is 14.6. The van der Waals surface area contributed by atoms with Crippen LogP contribution in [0.5, 0.6) is 0 Å². The quantitative estimate of drug-likeness (QED) is 0.803. The van der Waals surface area contributed by atoms with Crippen molar-refractivity contribution in [3.8, 4) is 0 Å². The molecule has 0 radical (unpaired) electrons. The second-order valence-corrected chi connectivity index (χ2v) is 7.60. The van der Waals surface area contributed by atoms with Crippen molar-refractivity contribution in [2.24, 2.45) is 0 Å². The second-order valence-electron chi connectivity index (χ2n) is 5.63. The zero-order chi connectivity index (χ0) is 16.0. The molecule has 0 spiro atoms. The fourth-order valence-corrected chi connectivity index (χ4v) is 4.09. The molecule has 1 aromatic rings. The number of hydrogen-bond acceptors (Lipinski definition) is 3. The third-order valence-corrected chi connectivity index (χ3v) is 5.80. The second kappa shape index (κ2) is 7.92. The Kier molecular flexibility index (Phi) is 6.84. The summed E-state index contributed by atoms with van der Waals surface area (Å²) in [6, 6.07) is 7.60. The van der Waals surface area contributed by atoms with Gasteiger partial charge in [0.2, 0.25) is 10.0 Å². The van der Waals surface area contributed by atoms with E-state index in [0.717, 1.165) is 18.4 Å². The predicted molar refractivity (Wildman–Crippen MR) is 87.7 cm³/mol. The van der Waals surface area contributed by atoms with Gasteiger partial charge in [-0.05, 0) is 24.5 Å². The lowest BCUT2D eigenvalue weighted by molar-refractivity contribution is 0.349. The van der Waals surface area contributed by atoms with Gasteiger partial charge in [-0.25, -0.2) is 8.42 Å². The first-order valence-corrected chi connectivity index (χ1v) is 9.07. The minimum absolute atomic E-state index is 0.0427. The summed E-state index contributed by atoms with van der Waals surface area (Å²) in [5.74, 6) is 0. The fourth-order valence-electron chi connectivity index (χ4n) is 2.37. The van der Waals surface area contributed by atoms with E-state index in [0.29, 0.717) is 17.5 Å². The minimum Gasteiger partial charge on any atom is -0.310 e. The summed E-state index contributed by atoms with van der Waals surface area (Å²) < 4.78 is 27.2. The lowest BCUT2D eigenvalue weighted by Gasteiger charge is -2.26. The molecule has 0 heterocycles. The van der Waals surface area contributed by atoms with Gasteiger partial charge in [0.15, 0.2) is 0 Å². The molecular weight excluding hydrogens is 284 g/mol. The van der Waals surface area contributed by atoms with Crippen LogP contribution in [0.3, 0.4) is 0 Å². The van der Waals surface area contributed by atoms with E-state index >= 15 is 0 Å². The molecule has 0 saturated carbocycles. The maximum atomic E-state index is 12.9. The van der Waals surface area contributed by atoms with Crippen LogP contribution in [0.2, 0.25) is 0 Å². The molecule has 0 aliphatic carbocycles. The van der Waals surface area contributed by atoms with Crippen molar-refractivity contribution in [2.75, 3.05) is 7.05 Å². The van der Waals surface area contributed by atoms with Crippen LogP contribution < -0.4 is 5.32 Å². The highest BCUT2D eigenvalue weighted by molar-refractivity contribution is 7.89. The van der Waals surface area contributed by atoms with Gasteiger partial charge in [0.1, 0.15) is 0 Å². The van der Waals surface area contributed by atoms with Gasteiger partial charge in [0.25, 0.3) is 0 Å². The smallest absolute Gasteiger partial charge is 0.243 e. The Hall–Kier alpha value is -0.910. The molecule has 4 nitrogen and oxygen atoms in total. The summed E-state index contributed by atoms with van der Waals surface area (Å²) in [4.78, 5) is 0.410. The summed E-state index contributed by atoms with van der Waals surface area (Å²) in [5.41, 5.74) is 0.823. The number of rotatable bonds is 8. The Morgan fingerprint density at radius 1 is 1.14 bits per heavy atom. The molecule has 0 aliphatic rings. The molecule has 21 heavy (non-hydrogen) atoms. The first-order chi connectivity index (χ1) is 9.84. The monoisotopic (exact) mass is 312 g/mol. The fraction of sp³-hybridized carbons (Fsp3) is 0.625. The normalized spacial score (nSPS) is 12.6. The van der Waals surface area contributed by atoms with Crippen molar-refractivity contribution in [1.29, 1.82) is 0 Å². The SMILES string of the molecule is CCC(CC)N(C)S(=O)(=O)c1ccccc1CNC(C)C. The topological polar surface area (TPSA) is 49.4 Å². The summed E-state index contributed by atoms with van der Waals surface area (Å²) in [6.07, 6.45) is 1.64. The van der Waals surface area contributed by atoms with Crippen molar-refractivity contribution < 1.29 is 8.42 Å². The van der Waals surface area contributed by atoms with Crippen molar-refractivity contribution in [1.82, 2.24) is 9.62 Å². The van der Waals surface area contributed by atoms with Crippen LogP contribution in [0.25, 0.3) is 0 Å². The van der Waals surface area contributed by atoms with E-state index in [2.05, 4.69) is 5.32 Å². The van der Waals surface area contributed by atoms with Gasteiger partial charge in [-0.2, -0.15) is 4.31 Å². The Labute approximate surface area is 129 Å². The number of nitrogens with one attached hydrogen (secondary N) is 1. The molecule has 0 saturated heterocycles. The van der Waals surface area contributed by atoms with Gasteiger partial charge in [0.05, 0.1) is 4.90 Å². The van der Waals surface area contributed by atoms with E-state index < -0.39 is 10.0 Å². The van der Waals surface area contributed by atoms with Gasteiger partial charge in [-0.15, -0.1) is 0 Å². The Morgan fingerprint density at radius 3 is 2.24 bits per heavy atom. The highest BCUT2D eigenvalue weighted by atomic mass is 32.2. The van der Waals surface area contributed by atoms with E-state index in [-0.39, 0.29) is 6.04 Å². The van der Waals surface area contributed by atoms with Crippen LogP contribution in [0, 0.1) is 0 Å². The zero-order valence-electron chi connectivity index (χ0n) is 13.8. The number of benzene rings is 1. The first-order valence-electron chi connectivity index (χ1n) is 7.63. The number of sulfonamides is 1. The molecule has 1 aromatic carbocycles. The molecule has 5 heteroatoms. The summed E-state index contributed by atoms with van der Waals surface area (Å²) in [5, 5.41) is 3.29. The van der Waals surface area contributed by atoms with Gasteiger partial charge >= 0.3 is 0 Å². The standard InChI is InChI=1S/C16H28N2O2S/c1-6-15(7-2)18(5)21(19,20)16-11-9-8-10-14(16)12-17-13(3)4/h8-11,13,15,17H,6-7,12H2,1-5H3. The Balaban J connectivity index is 3.13. The van der Waals surface area contributed by atoms with Crippen LogP contribution >= 0.6 is 0 Å². The van der Waals surface area contributed by atoms with E-state index in [1.807, 2.05) is 39.8 Å². The average molecular weight is 312 g/mol. The highest BCUT2D eigenvalue weighted by Crippen LogP contribution is 2.22. The van der Waals surface area contributed by atoms with Crippen molar-refractivity contribution in [3.63, 3.8) is 0 Å². The van der Waals surface area contributed by atoms with Gasteiger partial charge in [-0.1, -0.05) is 45.9 Å². The van der Waals surface area contributed by atoms with Gasteiger partial charge in [0, 0.05) is 25.7 Å². The molecular formula is C16H28N2O2S. The summed E-state index contributed by atoms with van der Waals surface area (Å²) in [6.45, 7) is 8.70. The highest BCUT2D eigenvalue weighted by Gasteiger charge is 2.27. The largest absolute Gasteiger partial charge is 0.310 e. The molecule has 0 fully saturated rings. The summed E-state index contributed by atoms with van der Waals surface area (Å²) >= 11 is 0. The molecule has 0 amide bonds. The van der Waals surface area contributed by atoms with E-state index in [1.54, 1.807) is 19.2 Å². The maximum Gasteiger partial charge on any atom is 0.243 e. The van der Waals surface area contributed by atoms with E-state index in [9.17, 15) is 8.42 Å². The van der Waals surface area contributed by atoms with E-state index in [1.165, 1.54) is 4.31 Å². The van der Waals surface area contributed by atoms with Crippen LogP contribution in [0.15, 0.2) is 29.2 Å². The molecule has 0 aromatic heterocycles. The lowest BCUT2D eigenvalue weighted by atomic mass is 10.2. The third-order valence-electron chi connectivity index (χ3n) is 3.79. The Bertz CT molecular complexity index is 537. The van der Waals surface area contributed by atoms with Crippen molar-refractivity contribution >= 4 is 10.0 Å². The molecule has 0 aliphatic heterocycles. The van der Waals surface area contributed by atoms with Gasteiger partial charge < -0.3 is 5.32 Å². The lowest BCUT2D eigenvalue weighted by Crippen LogP contribution is -2.37. The first kappa shape index (κ1) is 18.1. The third kappa shape index (κ3) is 4.53. The van der Waals surface area contributed by atoms with Crippen LogP contribution in [0.4, 0.5) is 0 Å². The van der Waals surface area contributed by atoms with Crippen LogP contribution in [0.1, 0.15) is 46.1 Å². The van der Waals surface area contributed by atoms with Gasteiger partial charge in [-0.3, -0.25) is 0 Å². The van der Waals surface area contributed by atoms with Crippen molar-refractivity contribution in [2.45, 2.75) is 64.1 Å². The van der Waals surface area contributed by atoms with Crippen LogP contribution in [-0.4, -0.2) is 31.9 Å². The molecule has 0 atom stereocenters. The number of nitrogens with zero attached hydrogens (tertiary/aromatic N) is 1. The van der Waals surface area contributed by atoms with Crippen LogP contribution in [-0.2, 0) is 16.6 Å². The average Bonchev–Trinajstić information content (AvgIpc) is 2.46. The van der Waals surface area contributed by atoms with Crippen molar-refractivity contribution in [3.05, 3.63) is 29.8 Å². The molecule has 1 N–H and O–H groups in total. The molecule has 0 unspecified atom stereocenters. The minimum atomic E-state index is -3.45.